The van der Waals surface area contributed by atoms with Gasteiger partial charge in [0.25, 0.3) is 0 Å². The molecular formula is C23H31N5O3. The topological polar surface area (TPSA) is 80.7 Å². The van der Waals surface area contributed by atoms with Crippen LogP contribution < -0.4 is 10.8 Å². The summed E-state index contributed by atoms with van der Waals surface area (Å²) in [6, 6.07) is 6.72. The Kier molecular flexibility index (Phi) is 5.18. The maximum atomic E-state index is 12.5. The van der Waals surface area contributed by atoms with Crippen molar-refractivity contribution in [1.29, 1.82) is 0 Å². The minimum Gasteiger partial charge on any atom is -0.379 e. The molecule has 1 aromatic heterocycles. The average Bonchev–Trinajstić information content (AvgIpc) is 3.52. The molecule has 31 heavy (non-hydrogen) atoms. The molecule has 4 heterocycles. The van der Waals surface area contributed by atoms with E-state index in [9.17, 15) is 4.79 Å². The molecule has 0 bridgehead atoms. The second-order valence-electron chi connectivity index (χ2n) is 9.48. The first kappa shape index (κ1) is 19.7. The van der Waals surface area contributed by atoms with Crippen LogP contribution in [0.25, 0.3) is 10.9 Å². The van der Waals surface area contributed by atoms with Gasteiger partial charge in [0.15, 0.2) is 6.23 Å². The van der Waals surface area contributed by atoms with Gasteiger partial charge < -0.3 is 9.64 Å². The molecule has 1 aromatic carbocycles. The average molecular weight is 426 g/mol. The summed E-state index contributed by atoms with van der Waals surface area (Å²) in [5.74, 6) is 1.13. The first-order valence-electron chi connectivity index (χ1n) is 11.8. The van der Waals surface area contributed by atoms with Crippen molar-refractivity contribution in [1.82, 2.24) is 25.5 Å². The van der Waals surface area contributed by atoms with Crippen molar-refractivity contribution in [2.24, 2.45) is 11.8 Å². The fraction of sp³-hybridized carbons (Fsp3) is 0.652. The number of rotatable bonds is 4. The van der Waals surface area contributed by atoms with Crippen LogP contribution in [0.4, 0.5) is 0 Å². The predicted octanol–water partition coefficient (Wildman–Crippen LogP) is 2.49. The van der Waals surface area contributed by atoms with E-state index in [0.717, 1.165) is 74.9 Å². The van der Waals surface area contributed by atoms with E-state index in [1.54, 1.807) is 0 Å². The molecule has 2 N–H and O–H groups in total. The highest BCUT2D eigenvalue weighted by Crippen LogP contribution is 2.32. The van der Waals surface area contributed by atoms with Crippen LogP contribution in [0.1, 0.15) is 56.4 Å². The van der Waals surface area contributed by atoms with E-state index in [2.05, 4.69) is 43.7 Å². The van der Waals surface area contributed by atoms with Crippen LogP contribution in [0.3, 0.4) is 0 Å². The highest BCUT2D eigenvalue weighted by atomic mass is 16.7. The number of carbonyl (C=O) groups excluding carboxylic acids is 1. The minimum absolute atomic E-state index is 0.106. The predicted molar refractivity (Wildman–Crippen MR) is 115 cm³/mol. The third kappa shape index (κ3) is 3.65. The normalized spacial score (nSPS) is 30.2. The van der Waals surface area contributed by atoms with Gasteiger partial charge in [-0.25, -0.2) is 0 Å². The zero-order chi connectivity index (χ0) is 20.8. The summed E-state index contributed by atoms with van der Waals surface area (Å²) in [6.45, 7) is 3.25. The van der Waals surface area contributed by atoms with Crippen molar-refractivity contribution in [2.45, 2.75) is 57.0 Å². The van der Waals surface area contributed by atoms with Crippen molar-refractivity contribution < 1.29 is 14.4 Å². The number of hydrogen-bond donors (Lipinski definition) is 2. The van der Waals surface area contributed by atoms with Crippen LogP contribution in [0.2, 0.25) is 0 Å². The first-order chi connectivity index (χ1) is 15.3. The molecule has 166 valence electrons. The Morgan fingerprint density at radius 1 is 1.13 bits per heavy atom. The van der Waals surface area contributed by atoms with Gasteiger partial charge in [0.1, 0.15) is 0 Å². The summed E-state index contributed by atoms with van der Waals surface area (Å²) in [5.41, 5.74) is 5.45. The fourth-order valence-corrected chi connectivity index (χ4v) is 5.36. The van der Waals surface area contributed by atoms with Gasteiger partial charge in [-0.2, -0.15) is 10.6 Å². The summed E-state index contributed by atoms with van der Waals surface area (Å²) >= 11 is 0. The molecule has 0 spiro atoms. The molecule has 4 fully saturated rings. The molecular weight excluding hydrogens is 394 g/mol. The Balaban J connectivity index is 1.10. The number of hydrogen-bond acceptors (Lipinski definition) is 6. The molecule has 8 heteroatoms. The number of piperidine rings is 1. The van der Waals surface area contributed by atoms with Crippen LogP contribution in [0.5, 0.6) is 0 Å². The van der Waals surface area contributed by atoms with Crippen LogP contribution in [-0.4, -0.2) is 53.1 Å². The summed E-state index contributed by atoms with van der Waals surface area (Å²) in [5, 5.41) is 9.37. The maximum Gasteiger partial charge on any atom is 0.225 e. The standard InChI is InChI=1S/C23H31N5O3/c29-23(16-2-1-3-16)27-9-6-15(7-10-27)21-25-22(31-26-21)17-4-5-18-13-24-28(20(18)12-17)19-8-11-30-14-19/h4-5,12-13,15-16,19,21-22,25-26H,1-3,6-11,14H2/t19-,21?,22?/m1/s1. The van der Waals surface area contributed by atoms with Crippen LogP contribution in [0.15, 0.2) is 24.4 Å². The number of amides is 1. The first-order valence-corrected chi connectivity index (χ1v) is 11.8. The maximum absolute atomic E-state index is 12.5. The second kappa shape index (κ2) is 8.16. The van der Waals surface area contributed by atoms with Gasteiger partial charge in [0.2, 0.25) is 5.91 Å². The number of nitrogens with zero attached hydrogens (tertiary/aromatic N) is 3. The van der Waals surface area contributed by atoms with Crippen LogP contribution in [0, 0.1) is 11.8 Å². The van der Waals surface area contributed by atoms with Crippen LogP contribution in [-0.2, 0) is 14.4 Å². The molecule has 3 atom stereocenters. The fourth-order valence-electron chi connectivity index (χ4n) is 5.36. The van der Waals surface area contributed by atoms with Gasteiger partial charge in [-0.05, 0) is 49.7 Å². The molecule has 8 nitrogen and oxygen atoms in total. The lowest BCUT2D eigenvalue weighted by atomic mass is 9.83. The number of hydroxylamine groups is 1. The van der Waals surface area contributed by atoms with Gasteiger partial charge >= 0.3 is 0 Å². The van der Waals surface area contributed by atoms with Gasteiger partial charge in [-0.1, -0.05) is 18.6 Å². The smallest absolute Gasteiger partial charge is 0.225 e. The van der Waals surface area contributed by atoms with Crippen LogP contribution >= 0.6 is 0 Å². The summed E-state index contributed by atoms with van der Waals surface area (Å²) < 4.78 is 7.65. The van der Waals surface area contributed by atoms with Crippen molar-refractivity contribution in [2.75, 3.05) is 26.3 Å². The highest BCUT2D eigenvalue weighted by molar-refractivity contribution is 5.80. The number of benzene rings is 1. The molecule has 1 amide bonds. The zero-order valence-corrected chi connectivity index (χ0v) is 17.8. The van der Waals surface area contributed by atoms with Crippen molar-refractivity contribution in [3.05, 3.63) is 30.0 Å². The Morgan fingerprint density at radius 3 is 2.74 bits per heavy atom. The number of fused-ring (bicyclic) bond motifs is 1. The molecule has 2 aromatic rings. The third-order valence-corrected chi connectivity index (χ3v) is 7.60. The molecule has 1 saturated carbocycles. The quantitative estimate of drug-likeness (QED) is 0.784. The zero-order valence-electron chi connectivity index (χ0n) is 17.8. The Bertz CT molecular complexity index is 944. The largest absolute Gasteiger partial charge is 0.379 e. The second-order valence-corrected chi connectivity index (χ2v) is 9.48. The van der Waals surface area contributed by atoms with E-state index in [1.807, 2.05) is 6.20 Å². The van der Waals surface area contributed by atoms with E-state index in [0.29, 0.717) is 23.8 Å². The Labute approximate surface area is 182 Å². The molecule has 4 aliphatic rings. The summed E-state index contributed by atoms with van der Waals surface area (Å²) in [6.07, 6.45) is 8.24. The van der Waals surface area contributed by atoms with E-state index in [1.165, 1.54) is 6.42 Å². The van der Waals surface area contributed by atoms with Gasteiger partial charge in [0, 0.05) is 31.0 Å². The number of carbonyl (C=O) groups is 1. The molecule has 0 radical (unpaired) electrons. The lowest BCUT2D eigenvalue weighted by Gasteiger charge is -2.37. The number of aromatic nitrogens is 2. The SMILES string of the molecule is O=C(C1CCC1)N1CCC(C2NOC(c3ccc4cnn([C@@H]5CCOC5)c4c3)N2)CC1. The number of ether oxygens (including phenoxy) is 1. The van der Waals surface area contributed by atoms with Gasteiger partial charge in [-0.3, -0.25) is 19.6 Å². The molecule has 1 aliphatic carbocycles. The van der Waals surface area contributed by atoms with E-state index in [4.69, 9.17) is 9.57 Å². The summed E-state index contributed by atoms with van der Waals surface area (Å²) in [4.78, 5) is 20.5. The molecule has 6 rings (SSSR count). The highest BCUT2D eigenvalue weighted by Gasteiger charge is 2.37. The van der Waals surface area contributed by atoms with Gasteiger partial charge in [0.05, 0.1) is 30.5 Å². The van der Waals surface area contributed by atoms with E-state index >= 15 is 0 Å². The van der Waals surface area contributed by atoms with E-state index < -0.39 is 0 Å². The van der Waals surface area contributed by atoms with Gasteiger partial charge in [-0.15, -0.1) is 0 Å². The van der Waals surface area contributed by atoms with Crippen molar-refractivity contribution >= 4 is 16.8 Å². The monoisotopic (exact) mass is 425 g/mol. The third-order valence-electron chi connectivity index (χ3n) is 7.60. The minimum atomic E-state index is -0.188. The molecule has 2 unspecified atom stereocenters. The van der Waals surface area contributed by atoms with Crippen molar-refractivity contribution in [3.8, 4) is 0 Å². The number of nitrogens with one attached hydrogen (secondary N) is 2. The lowest BCUT2D eigenvalue weighted by Crippen LogP contribution is -2.48. The molecule has 3 saturated heterocycles. The van der Waals surface area contributed by atoms with E-state index in [-0.39, 0.29) is 12.4 Å². The lowest BCUT2D eigenvalue weighted by molar-refractivity contribution is -0.139. The van der Waals surface area contributed by atoms with Crippen molar-refractivity contribution in [3.63, 3.8) is 0 Å². The summed E-state index contributed by atoms with van der Waals surface area (Å²) in [7, 11) is 0. The number of likely N-dealkylation sites (tertiary alicyclic amines) is 1. The Morgan fingerprint density at radius 2 is 2.00 bits per heavy atom. The Hall–Kier alpha value is -2.00. The molecule has 3 aliphatic heterocycles.